The van der Waals surface area contributed by atoms with E-state index in [1.807, 2.05) is 18.3 Å². The molecular formula is C17H26N2O. The fourth-order valence-electron chi connectivity index (χ4n) is 3.25. The third-order valence-electron chi connectivity index (χ3n) is 4.41. The van der Waals surface area contributed by atoms with Crippen molar-refractivity contribution in [1.82, 2.24) is 9.88 Å². The summed E-state index contributed by atoms with van der Waals surface area (Å²) in [4.78, 5) is 18.8. The number of likely N-dealkylation sites (N-methyl/N-ethyl adjacent to an activating group) is 1. The molecule has 110 valence electrons. The van der Waals surface area contributed by atoms with Crippen molar-refractivity contribution in [1.29, 1.82) is 0 Å². The fourth-order valence-corrected chi connectivity index (χ4v) is 3.25. The summed E-state index contributed by atoms with van der Waals surface area (Å²) in [5.41, 5.74) is 1.12. The van der Waals surface area contributed by atoms with Gasteiger partial charge in [-0.2, -0.15) is 0 Å². The molecule has 3 heteroatoms. The number of rotatable bonds is 5. The van der Waals surface area contributed by atoms with Crippen LogP contribution in [0.5, 0.6) is 0 Å². The molecule has 1 heterocycles. The summed E-state index contributed by atoms with van der Waals surface area (Å²) in [7, 11) is 2.11. The summed E-state index contributed by atoms with van der Waals surface area (Å²) in [6.45, 7) is 6.27. The molecule has 0 aliphatic heterocycles. The maximum Gasteiger partial charge on any atom is 0.137 e. The van der Waals surface area contributed by atoms with Gasteiger partial charge in [0, 0.05) is 43.7 Å². The van der Waals surface area contributed by atoms with Crippen LogP contribution in [0, 0.1) is 17.8 Å². The van der Waals surface area contributed by atoms with Crippen LogP contribution in [0.4, 0.5) is 0 Å². The average Bonchev–Trinajstić information content (AvgIpc) is 2.42. The Kier molecular flexibility index (Phi) is 5.30. The number of ketones is 1. The van der Waals surface area contributed by atoms with E-state index in [-0.39, 0.29) is 5.92 Å². The Labute approximate surface area is 122 Å². The summed E-state index contributed by atoms with van der Waals surface area (Å²) < 4.78 is 0. The zero-order valence-electron chi connectivity index (χ0n) is 12.9. The molecule has 0 saturated heterocycles. The molecule has 20 heavy (non-hydrogen) atoms. The molecule has 2 rings (SSSR count). The first kappa shape index (κ1) is 15.2. The predicted molar refractivity (Wildman–Crippen MR) is 81.5 cm³/mol. The molecule has 0 N–H and O–H groups in total. The molecular weight excluding hydrogens is 248 g/mol. The van der Waals surface area contributed by atoms with E-state index < -0.39 is 0 Å². The first-order valence-corrected chi connectivity index (χ1v) is 7.67. The lowest BCUT2D eigenvalue weighted by Gasteiger charge is -2.33. The van der Waals surface area contributed by atoms with Gasteiger partial charge in [0.05, 0.1) is 0 Å². The lowest BCUT2D eigenvalue weighted by atomic mass is 9.74. The molecule has 1 saturated carbocycles. The molecule has 3 unspecified atom stereocenters. The van der Waals surface area contributed by atoms with E-state index in [1.165, 1.54) is 6.42 Å². The number of pyridine rings is 1. The predicted octanol–water partition coefficient (Wildman–Crippen LogP) is 2.81. The number of Topliss-reactive ketones (excluding diaryl/α,β-unsaturated/α-hetero) is 1. The molecule has 0 spiro atoms. The Balaban J connectivity index is 1.82. The van der Waals surface area contributed by atoms with Gasteiger partial charge in [0.15, 0.2) is 0 Å². The first-order valence-electron chi connectivity index (χ1n) is 7.67. The molecule has 0 radical (unpaired) electrons. The molecule has 1 aromatic heterocycles. The van der Waals surface area contributed by atoms with E-state index >= 15 is 0 Å². The molecule has 0 amide bonds. The van der Waals surface area contributed by atoms with Crippen LogP contribution in [-0.2, 0) is 11.2 Å². The number of carbonyl (C=O) groups is 1. The monoisotopic (exact) mass is 274 g/mol. The van der Waals surface area contributed by atoms with E-state index in [0.717, 1.165) is 31.6 Å². The van der Waals surface area contributed by atoms with Crippen molar-refractivity contribution in [3.8, 4) is 0 Å². The normalized spacial score (nSPS) is 27.0. The van der Waals surface area contributed by atoms with E-state index in [9.17, 15) is 4.79 Å². The van der Waals surface area contributed by atoms with Crippen molar-refractivity contribution in [2.45, 2.75) is 33.1 Å². The van der Waals surface area contributed by atoms with Crippen LogP contribution < -0.4 is 0 Å². The van der Waals surface area contributed by atoms with Crippen LogP contribution in [0.2, 0.25) is 0 Å². The highest BCUT2D eigenvalue weighted by Gasteiger charge is 2.32. The second-order valence-corrected chi connectivity index (χ2v) is 6.43. The highest BCUT2D eigenvalue weighted by atomic mass is 16.1. The molecule has 1 aliphatic rings. The van der Waals surface area contributed by atoms with Crippen LogP contribution in [0.1, 0.15) is 32.4 Å². The second-order valence-electron chi connectivity index (χ2n) is 6.43. The van der Waals surface area contributed by atoms with Gasteiger partial charge in [-0.25, -0.2) is 0 Å². The van der Waals surface area contributed by atoms with Crippen LogP contribution in [0.15, 0.2) is 24.4 Å². The Bertz CT molecular complexity index is 432. The van der Waals surface area contributed by atoms with Crippen LogP contribution in [0.25, 0.3) is 0 Å². The molecule has 3 nitrogen and oxygen atoms in total. The summed E-state index contributed by atoms with van der Waals surface area (Å²) >= 11 is 0. The van der Waals surface area contributed by atoms with Crippen molar-refractivity contribution in [3.63, 3.8) is 0 Å². The number of carbonyl (C=O) groups excluding carboxylic acids is 1. The minimum absolute atomic E-state index is 0.222. The van der Waals surface area contributed by atoms with Crippen molar-refractivity contribution < 1.29 is 4.79 Å². The van der Waals surface area contributed by atoms with Gasteiger partial charge in [-0.05, 0) is 37.4 Å². The van der Waals surface area contributed by atoms with E-state index in [1.54, 1.807) is 0 Å². The maximum atomic E-state index is 12.2. The van der Waals surface area contributed by atoms with Gasteiger partial charge in [0.1, 0.15) is 5.78 Å². The number of nitrogens with zero attached hydrogens (tertiary/aromatic N) is 2. The lowest BCUT2D eigenvalue weighted by molar-refractivity contribution is -0.128. The fraction of sp³-hybridized carbons (Fsp3) is 0.647. The quantitative estimate of drug-likeness (QED) is 0.828. The number of aromatic nitrogens is 1. The second kappa shape index (κ2) is 6.98. The third-order valence-corrected chi connectivity index (χ3v) is 4.41. The third kappa shape index (κ3) is 4.14. The standard InChI is InChI=1S/C17H26N2O/c1-13-10-14(2)16(17(20)11-13)12-19(3)9-7-15-6-4-5-8-18-15/h4-6,8,13-14,16H,7,9-12H2,1-3H3. The van der Waals surface area contributed by atoms with Crippen molar-refractivity contribution in [3.05, 3.63) is 30.1 Å². The molecule has 1 aromatic rings. The van der Waals surface area contributed by atoms with Crippen molar-refractivity contribution >= 4 is 5.78 Å². The zero-order chi connectivity index (χ0) is 14.5. The Morgan fingerprint density at radius 2 is 2.15 bits per heavy atom. The van der Waals surface area contributed by atoms with Gasteiger partial charge in [-0.3, -0.25) is 9.78 Å². The molecule has 0 bridgehead atoms. The van der Waals surface area contributed by atoms with Crippen LogP contribution in [0.3, 0.4) is 0 Å². The van der Waals surface area contributed by atoms with Gasteiger partial charge in [-0.15, -0.1) is 0 Å². The highest BCUT2D eigenvalue weighted by Crippen LogP contribution is 2.31. The summed E-state index contributed by atoms with van der Waals surface area (Å²) in [6, 6.07) is 6.02. The highest BCUT2D eigenvalue weighted by molar-refractivity contribution is 5.82. The van der Waals surface area contributed by atoms with Gasteiger partial charge >= 0.3 is 0 Å². The van der Waals surface area contributed by atoms with E-state index in [2.05, 4.69) is 36.8 Å². The minimum atomic E-state index is 0.222. The largest absolute Gasteiger partial charge is 0.305 e. The Morgan fingerprint density at radius 3 is 2.80 bits per heavy atom. The van der Waals surface area contributed by atoms with Gasteiger partial charge in [-0.1, -0.05) is 19.9 Å². The summed E-state index contributed by atoms with van der Waals surface area (Å²) in [5, 5.41) is 0. The topological polar surface area (TPSA) is 33.2 Å². The van der Waals surface area contributed by atoms with Crippen molar-refractivity contribution in [2.75, 3.05) is 20.1 Å². The molecule has 1 fully saturated rings. The number of hydrogen-bond donors (Lipinski definition) is 0. The SMILES string of the molecule is CC1CC(=O)C(CN(C)CCc2ccccn2)C(C)C1. The molecule has 1 aliphatic carbocycles. The summed E-state index contributed by atoms with van der Waals surface area (Å²) in [6.07, 6.45) is 4.74. The van der Waals surface area contributed by atoms with Crippen molar-refractivity contribution in [2.24, 2.45) is 17.8 Å². The smallest absolute Gasteiger partial charge is 0.137 e. The molecule has 3 atom stereocenters. The van der Waals surface area contributed by atoms with Gasteiger partial charge in [0.2, 0.25) is 0 Å². The zero-order valence-corrected chi connectivity index (χ0v) is 12.9. The average molecular weight is 274 g/mol. The molecule has 0 aromatic carbocycles. The van der Waals surface area contributed by atoms with Gasteiger partial charge < -0.3 is 4.90 Å². The first-order chi connectivity index (χ1) is 9.56. The van der Waals surface area contributed by atoms with Crippen LogP contribution >= 0.6 is 0 Å². The van der Waals surface area contributed by atoms with Crippen LogP contribution in [-0.4, -0.2) is 35.8 Å². The van der Waals surface area contributed by atoms with E-state index in [4.69, 9.17) is 0 Å². The number of hydrogen-bond acceptors (Lipinski definition) is 3. The maximum absolute atomic E-state index is 12.2. The Hall–Kier alpha value is -1.22. The van der Waals surface area contributed by atoms with E-state index in [0.29, 0.717) is 17.6 Å². The van der Waals surface area contributed by atoms with Gasteiger partial charge in [0.25, 0.3) is 0 Å². The summed E-state index contributed by atoms with van der Waals surface area (Å²) in [5.74, 6) is 1.76. The minimum Gasteiger partial charge on any atom is -0.305 e. The Morgan fingerprint density at radius 1 is 1.35 bits per heavy atom. The lowest BCUT2D eigenvalue weighted by Crippen LogP contribution is -2.39.